The van der Waals surface area contributed by atoms with Gasteiger partial charge in [0.05, 0.1) is 6.04 Å². The minimum absolute atomic E-state index is 0.177. The van der Waals surface area contributed by atoms with Crippen molar-refractivity contribution in [2.75, 3.05) is 13.2 Å². The van der Waals surface area contributed by atoms with Crippen molar-refractivity contribution in [1.29, 1.82) is 0 Å². The zero-order chi connectivity index (χ0) is 13.5. The van der Waals surface area contributed by atoms with Crippen LogP contribution in [0.3, 0.4) is 0 Å². The lowest BCUT2D eigenvalue weighted by atomic mass is 9.98. The quantitative estimate of drug-likeness (QED) is 0.831. The lowest BCUT2D eigenvalue weighted by molar-refractivity contribution is 0.232. The largest absolute Gasteiger partial charge is 0.396 e. The monoisotopic (exact) mass is 255 g/mol. The summed E-state index contributed by atoms with van der Waals surface area (Å²) in [5.41, 5.74) is 2.50. The summed E-state index contributed by atoms with van der Waals surface area (Å²) in [4.78, 5) is 0. The van der Waals surface area contributed by atoms with E-state index in [1.54, 1.807) is 0 Å². The third kappa shape index (κ3) is 3.91. The summed E-state index contributed by atoms with van der Waals surface area (Å²) in [6.45, 7) is 3.05. The third-order valence-electron chi connectivity index (χ3n) is 3.25. The summed E-state index contributed by atoms with van der Waals surface area (Å²) < 4.78 is 0. The molecular weight excluding hydrogens is 234 g/mol. The molecule has 2 aromatic carbocycles. The molecule has 0 aromatic heterocycles. The van der Waals surface area contributed by atoms with Gasteiger partial charge in [-0.1, -0.05) is 67.6 Å². The first-order valence-electron chi connectivity index (χ1n) is 6.75. The van der Waals surface area contributed by atoms with Crippen LogP contribution in [0.25, 0.3) is 0 Å². The molecule has 100 valence electrons. The molecule has 2 nitrogen and oxygen atoms in total. The second kappa shape index (κ2) is 7.07. The maximum absolute atomic E-state index is 9.15. The lowest BCUT2D eigenvalue weighted by Gasteiger charge is -2.21. The minimum atomic E-state index is 0.177. The molecule has 2 heteroatoms. The van der Waals surface area contributed by atoms with E-state index in [-0.39, 0.29) is 18.6 Å². The van der Waals surface area contributed by atoms with Crippen LogP contribution in [0.4, 0.5) is 0 Å². The van der Waals surface area contributed by atoms with Crippen molar-refractivity contribution in [2.45, 2.75) is 13.0 Å². The minimum Gasteiger partial charge on any atom is -0.396 e. The van der Waals surface area contributed by atoms with E-state index < -0.39 is 0 Å². The molecule has 0 fully saturated rings. The van der Waals surface area contributed by atoms with Gasteiger partial charge in [0.15, 0.2) is 0 Å². The number of hydrogen-bond donors (Lipinski definition) is 2. The zero-order valence-corrected chi connectivity index (χ0v) is 11.3. The van der Waals surface area contributed by atoms with Gasteiger partial charge in [-0.15, -0.1) is 0 Å². The Morgan fingerprint density at radius 2 is 1.37 bits per heavy atom. The van der Waals surface area contributed by atoms with Gasteiger partial charge >= 0.3 is 0 Å². The summed E-state index contributed by atoms with van der Waals surface area (Å²) in [5.74, 6) is 0.259. The van der Waals surface area contributed by atoms with Gasteiger partial charge in [0.1, 0.15) is 0 Å². The fourth-order valence-corrected chi connectivity index (χ4v) is 2.10. The van der Waals surface area contributed by atoms with Crippen molar-refractivity contribution >= 4 is 0 Å². The van der Waals surface area contributed by atoms with Crippen LogP contribution < -0.4 is 5.32 Å². The number of hydrogen-bond acceptors (Lipinski definition) is 2. The molecule has 0 aliphatic heterocycles. The normalized spacial score (nSPS) is 12.6. The van der Waals surface area contributed by atoms with E-state index in [2.05, 4.69) is 53.8 Å². The highest BCUT2D eigenvalue weighted by atomic mass is 16.3. The van der Waals surface area contributed by atoms with Crippen molar-refractivity contribution < 1.29 is 5.11 Å². The predicted molar refractivity (Wildman–Crippen MR) is 79.0 cm³/mol. The Balaban J connectivity index is 2.19. The standard InChI is InChI=1S/C17H21NO/c1-14(13-19)12-18-17(15-8-4-2-5-9-15)16-10-6-3-7-11-16/h2-11,14,17-19H,12-13H2,1H3. The van der Waals surface area contributed by atoms with Gasteiger partial charge in [-0.25, -0.2) is 0 Å². The van der Waals surface area contributed by atoms with Crippen LogP contribution in [0.5, 0.6) is 0 Å². The van der Waals surface area contributed by atoms with Gasteiger partial charge in [-0.3, -0.25) is 0 Å². The molecule has 0 saturated heterocycles. The zero-order valence-electron chi connectivity index (χ0n) is 11.3. The summed E-state index contributed by atoms with van der Waals surface area (Å²) in [6, 6.07) is 21.0. The molecule has 2 aromatic rings. The van der Waals surface area contributed by atoms with Crippen molar-refractivity contribution in [3.63, 3.8) is 0 Å². The first kappa shape index (κ1) is 13.8. The van der Waals surface area contributed by atoms with Crippen LogP contribution in [0, 0.1) is 5.92 Å². The topological polar surface area (TPSA) is 32.3 Å². The lowest BCUT2D eigenvalue weighted by Crippen LogP contribution is -2.28. The van der Waals surface area contributed by atoms with Crippen LogP contribution in [-0.4, -0.2) is 18.3 Å². The van der Waals surface area contributed by atoms with Crippen LogP contribution in [0.2, 0.25) is 0 Å². The van der Waals surface area contributed by atoms with Crippen molar-refractivity contribution in [2.24, 2.45) is 5.92 Å². The number of aliphatic hydroxyl groups excluding tert-OH is 1. The first-order chi connectivity index (χ1) is 9.31. The van der Waals surface area contributed by atoms with Gasteiger partial charge in [-0.05, 0) is 17.0 Å². The summed E-state index contributed by atoms with van der Waals surface area (Å²) >= 11 is 0. The molecule has 2 rings (SSSR count). The van der Waals surface area contributed by atoms with Crippen molar-refractivity contribution in [3.05, 3.63) is 71.8 Å². The Hall–Kier alpha value is -1.64. The maximum atomic E-state index is 9.15. The molecule has 0 radical (unpaired) electrons. The molecule has 0 aliphatic rings. The number of rotatable bonds is 6. The Morgan fingerprint density at radius 3 is 1.79 bits per heavy atom. The fraction of sp³-hybridized carbons (Fsp3) is 0.294. The molecule has 0 spiro atoms. The highest BCUT2D eigenvalue weighted by Crippen LogP contribution is 2.21. The summed E-state index contributed by atoms with van der Waals surface area (Å²) in [5, 5.41) is 12.7. The molecule has 0 amide bonds. The van der Waals surface area contributed by atoms with Crippen LogP contribution >= 0.6 is 0 Å². The van der Waals surface area contributed by atoms with Gasteiger partial charge in [-0.2, -0.15) is 0 Å². The summed E-state index contributed by atoms with van der Waals surface area (Å²) in [6.07, 6.45) is 0. The third-order valence-corrected chi connectivity index (χ3v) is 3.25. The van der Waals surface area contributed by atoms with E-state index >= 15 is 0 Å². The molecule has 1 atom stereocenters. The molecule has 1 unspecified atom stereocenters. The Morgan fingerprint density at radius 1 is 0.895 bits per heavy atom. The average molecular weight is 255 g/mol. The van der Waals surface area contributed by atoms with E-state index in [0.717, 1.165) is 6.54 Å². The highest BCUT2D eigenvalue weighted by Gasteiger charge is 2.13. The fourth-order valence-electron chi connectivity index (χ4n) is 2.10. The van der Waals surface area contributed by atoms with E-state index in [1.165, 1.54) is 11.1 Å². The number of aliphatic hydroxyl groups is 1. The van der Waals surface area contributed by atoms with E-state index in [1.807, 2.05) is 19.1 Å². The van der Waals surface area contributed by atoms with Crippen LogP contribution in [0.15, 0.2) is 60.7 Å². The molecule has 0 saturated carbocycles. The second-order valence-electron chi connectivity index (χ2n) is 4.95. The van der Waals surface area contributed by atoms with E-state index in [9.17, 15) is 0 Å². The molecule has 2 N–H and O–H groups in total. The average Bonchev–Trinajstić information content (AvgIpc) is 2.49. The van der Waals surface area contributed by atoms with Crippen molar-refractivity contribution in [1.82, 2.24) is 5.32 Å². The molecule has 0 heterocycles. The molecular formula is C17H21NO. The second-order valence-corrected chi connectivity index (χ2v) is 4.95. The van der Waals surface area contributed by atoms with Crippen LogP contribution in [0.1, 0.15) is 24.1 Å². The number of nitrogens with one attached hydrogen (secondary N) is 1. The summed E-state index contributed by atoms with van der Waals surface area (Å²) in [7, 11) is 0. The van der Waals surface area contributed by atoms with Gasteiger partial charge in [0.2, 0.25) is 0 Å². The Bertz CT molecular complexity index is 430. The predicted octanol–water partition coefficient (Wildman–Crippen LogP) is 2.99. The first-order valence-corrected chi connectivity index (χ1v) is 6.75. The van der Waals surface area contributed by atoms with Gasteiger partial charge < -0.3 is 10.4 Å². The van der Waals surface area contributed by atoms with Gasteiger partial charge in [0.25, 0.3) is 0 Å². The maximum Gasteiger partial charge on any atom is 0.0576 e. The van der Waals surface area contributed by atoms with E-state index in [0.29, 0.717) is 0 Å². The van der Waals surface area contributed by atoms with Gasteiger partial charge in [0, 0.05) is 13.2 Å². The smallest absolute Gasteiger partial charge is 0.0576 e. The van der Waals surface area contributed by atoms with Crippen molar-refractivity contribution in [3.8, 4) is 0 Å². The Labute approximate surface area is 115 Å². The van der Waals surface area contributed by atoms with Crippen LogP contribution in [-0.2, 0) is 0 Å². The SMILES string of the molecule is CC(CO)CNC(c1ccccc1)c1ccccc1. The molecule has 0 aliphatic carbocycles. The molecule has 0 bridgehead atoms. The van der Waals surface area contributed by atoms with E-state index in [4.69, 9.17) is 5.11 Å². The number of benzene rings is 2. The molecule has 19 heavy (non-hydrogen) atoms. The Kier molecular flexibility index (Phi) is 5.13. The highest BCUT2D eigenvalue weighted by molar-refractivity contribution is 5.31.